The van der Waals surface area contributed by atoms with E-state index in [1.807, 2.05) is 20.8 Å². The maximum Gasteiger partial charge on any atom is 0.320 e. The van der Waals surface area contributed by atoms with E-state index in [-0.39, 0.29) is 5.97 Å². The van der Waals surface area contributed by atoms with Gasteiger partial charge >= 0.3 is 5.97 Å². The van der Waals surface area contributed by atoms with Crippen LogP contribution in [-0.2, 0) is 16.1 Å². The number of carbonyl (C=O) groups is 1. The molecule has 238 valence electrons. The zero-order valence-corrected chi connectivity index (χ0v) is 27.4. The van der Waals surface area contributed by atoms with E-state index in [9.17, 15) is 4.79 Å². The molecule has 1 aromatic heterocycles. The zero-order chi connectivity index (χ0) is 30.0. The maximum absolute atomic E-state index is 12.5. The van der Waals surface area contributed by atoms with Crippen LogP contribution in [0.25, 0.3) is 11.0 Å². The minimum atomic E-state index is -0.448. The summed E-state index contributed by atoms with van der Waals surface area (Å²) < 4.78 is 8.20. The molecule has 0 amide bonds. The van der Waals surface area contributed by atoms with Crippen LogP contribution in [0, 0.1) is 11.8 Å². The fourth-order valence-electron chi connectivity index (χ4n) is 9.34. The van der Waals surface area contributed by atoms with Gasteiger partial charge < -0.3 is 14.6 Å². The number of piperidine rings is 2. The molecule has 6 rings (SSSR count). The summed E-state index contributed by atoms with van der Waals surface area (Å²) in [6.07, 6.45) is 16.5. The van der Waals surface area contributed by atoms with E-state index >= 15 is 0 Å². The number of nitrogens with zero attached hydrogens (tertiary/aromatic N) is 4. The van der Waals surface area contributed by atoms with Gasteiger partial charge in [0.2, 0.25) is 0 Å². The van der Waals surface area contributed by atoms with E-state index in [1.165, 1.54) is 82.0 Å². The lowest BCUT2D eigenvalue weighted by Gasteiger charge is -2.55. The first-order valence-electron chi connectivity index (χ1n) is 17.7. The average Bonchev–Trinajstić information content (AvgIpc) is 3.31. The van der Waals surface area contributed by atoms with Gasteiger partial charge in [0.25, 0.3) is 0 Å². The Morgan fingerprint density at radius 3 is 2.33 bits per heavy atom. The molecule has 4 bridgehead atoms. The first-order valence-corrected chi connectivity index (χ1v) is 17.7. The third-order valence-corrected chi connectivity index (χ3v) is 10.8. The lowest BCUT2D eigenvalue weighted by atomic mass is 9.68. The molecule has 2 saturated carbocycles. The SMILES string of the molecule is CCCN(CCNCc1nc2ccccc2n1C1C[C@H]2CCC[C@@H](C1)N2C1C[C@H]2CCC[C@@H](C1)C2)CC(=O)OC(C)(C)C. The number of imidazole rings is 1. The molecule has 0 radical (unpaired) electrons. The molecule has 2 aliphatic heterocycles. The van der Waals surface area contributed by atoms with E-state index in [0.29, 0.717) is 12.6 Å². The summed E-state index contributed by atoms with van der Waals surface area (Å²) in [6, 6.07) is 11.5. The first kappa shape index (κ1) is 31.0. The molecular weight excluding hydrogens is 534 g/mol. The maximum atomic E-state index is 12.5. The predicted octanol–water partition coefficient (Wildman–Crippen LogP) is 6.71. The van der Waals surface area contributed by atoms with Gasteiger partial charge in [-0.25, -0.2) is 4.98 Å². The predicted molar refractivity (Wildman–Crippen MR) is 174 cm³/mol. The second-order valence-corrected chi connectivity index (χ2v) is 15.3. The van der Waals surface area contributed by atoms with E-state index in [0.717, 1.165) is 68.1 Å². The molecular formula is C36H57N5O2. The number of esters is 1. The molecule has 4 aliphatic rings. The molecule has 3 heterocycles. The summed E-state index contributed by atoms with van der Waals surface area (Å²) in [6.45, 7) is 11.6. The number of para-hydroxylation sites is 2. The fraction of sp³-hybridized carbons (Fsp3) is 0.778. The third-order valence-electron chi connectivity index (χ3n) is 10.8. The number of rotatable bonds is 11. The van der Waals surface area contributed by atoms with Gasteiger partial charge in [-0.1, -0.05) is 44.7 Å². The summed E-state index contributed by atoms with van der Waals surface area (Å²) in [4.78, 5) is 22.9. The van der Waals surface area contributed by atoms with Crippen LogP contribution < -0.4 is 5.32 Å². The molecule has 0 spiro atoms. The van der Waals surface area contributed by atoms with Crippen molar-refractivity contribution in [3.8, 4) is 0 Å². The highest BCUT2D eigenvalue weighted by molar-refractivity contribution is 5.76. The van der Waals surface area contributed by atoms with Crippen LogP contribution in [0.1, 0.15) is 117 Å². The molecule has 1 aromatic carbocycles. The molecule has 2 saturated heterocycles. The van der Waals surface area contributed by atoms with Gasteiger partial charge in [-0.3, -0.25) is 14.6 Å². The summed E-state index contributed by atoms with van der Waals surface area (Å²) in [5.41, 5.74) is 1.96. The van der Waals surface area contributed by atoms with Crippen molar-refractivity contribution in [1.82, 2.24) is 24.7 Å². The highest BCUT2D eigenvalue weighted by atomic mass is 16.6. The number of carbonyl (C=O) groups excluding carboxylic acids is 1. The number of benzene rings is 1. The number of aromatic nitrogens is 2. The summed E-state index contributed by atoms with van der Waals surface area (Å²) in [5, 5.41) is 3.70. The smallest absolute Gasteiger partial charge is 0.320 e. The zero-order valence-electron chi connectivity index (χ0n) is 27.4. The summed E-state index contributed by atoms with van der Waals surface area (Å²) in [5.74, 6) is 3.00. The van der Waals surface area contributed by atoms with Crippen LogP contribution >= 0.6 is 0 Å². The van der Waals surface area contributed by atoms with Crippen molar-refractivity contribution in [3.63, 3.8) is 0 Å². The van der Waals surface area contributed by atoms with Crippen molar-refractivity contribution >= 4 is 17.0 Å². The van der Waals surface area contributed by atoms with Crippen molar-refractivity contribution in [2.24, 2.45) is 11.8 Å². The molecule has 7 nitrogen and oxygen atoms in total. The second-order valence-electron chi connectivity index (χ2n) is 15.3. The molecule has 6 atom stereocenters. The summed E-state index contributed by atoms with van der Waals surface area (Å²) >= 11 is 0. The van der Waals surface area contributed by atoms with Crippen molar-refractivity contribution < 1.29 is 9.53 Å². The van der Waals surface area contributed by atoms with E-state index in [2.05, 4.69) is 50.9 Å². The molecule has 2 aliphatic carbocycles. The van der Waals surface area contributed by atoms with Crippen molar-refractivity contribution in [1.29, 1.82) is 0 Å². The van der Waals surface area contributed by atoms with Gasteiger partial charge in [0.15, 0.2) is 0 Å². The Morgan fingerprint density at radius 1 is 0.930 bits per heavy atom. The number of ether oxygens (including phenoxy) is 1. The Hall–Kier alpha value is -1.96. The van der Waals surface area contributed by atoms with Gasteiger partial charge in [-0.05, 0) is 103 Å². The van der Waals surface area contributed by atoms with Gasteiger partial charge in [-0.15, -0.1) is 0 Å². The van der Waals surface area contributed by atoms with Gasteiger partial charge in [0, 0.05) is 37.3 Å². The molecule has 2 aromatic rings. The van der Waals surface area contributed by atoms with Gasteiger partial charge in [0.1, 0.15) is 11.4 Å². The van der Waals surface area contributed by atoms with Crippen LogP contribution in [0.5, 0.6) is 0 Å². The Kier molecular flexibility index (Phi) is 9.80. The molecule has 2 unspecified atom stereocenters. The lowest BCUT2D eigenvalue weighted by molar-refractivity contribution is -0.156. The quantitative estimate of drug-likeness (QED) is 0.232. The monoisotopic (exact) mass is 591 g/mol. The Morgan fingerprint density at radius 2 is 1.63 bits per heavy atom. The van der Waals surface area contributed by atoms with Gasteiger partial charge in [-0.2, -0.15) is 0 Å². The average molecular weight is 592 g/mol. The van der Waals surface area contributed by atoms with Crippen LogP contribution in [-0.4, -0.2) is 75.2 Å². The topological polar surface area (TPSA) is 62.6 Å². The van der Waals surface area contributed by atoms with E-state index in [4.69, 9.17) is 9.72 Å². The Bertz CT molecular complexity index is 1190. The molecule has 4 fully saturated rings. The summed E-state index contributed by atoms with van der Waals surface area (Å²) in [7, 11) is 0. The van der Waals surface area contributed by atoms with Crippen LogP contribution in [0.2, 0.25) is 0 Å². The molecule has 7 heteroatoms. The normalized spacial score (nSPS) is 29.7. The fourth-order valence-corrected chi connectivity index (χ4v) is 9.34. The van der Waals surface area contributed by atoms with Crippen LogP contribution in [0.4, 0.5) is 0 Å². The van der Waals surface area contributed by atoms with Crippen molar-refractivity contribution in [2.75, 3.05) is 26.2 Å². The standard InChI is InChI=1S/C36H57N5O2/c1-5-17-39(25-35(42)43-36(2,3)4)18-16-37-24-34-38-32-14-6-7-15-33(32)41(34)31-22-28-12-9-13-29(23-31)40(28)30-20-26-10-8-11-27(19-26)21-30/h6-7,14-15,26-31,37H,5,8-13,16-25H2,1-4H3/t26-,27+,28-,29+,30?,31?. The van der Waals surface area contributed by atoms with E-state index in [1.54, 1.807) is 0 Å². The lowest BCUT2D eigenvalue weighted by Crippen LogP contribution is -2.58. The van der Waals surface area contributed by atoms with Crippen molar-refractivity contribution in [3.05, 3.63) is 30.1 Å². The van der Waals surface area contributed by atoms with E-state index < -0.39 is 5.60 Å². The second kappa shape index (κ2) is 13.6. The Balaban J connectivity index is 1.12. The number of hydrogen-bond donors (Lipinski definition) is 1. The molecule has 43 heavy (non-hydrogen) atoms. The minimum Gasteiger partial charge on any atom is -0.459 e. The van der Waals surface area contributed by atoms with Crippen LogP contribution in [0.15, 0.2) is 24.3 Å². The largest absolute Gasteiger partial charge is 0.459 e. The number of hydrogen-bond acceptors (Lipinski definition) is 6. The third kappa shape index (κ3) is 7.48. The highest BCUT2D eigenvalue weighted by Gasteiger charge is 2.45. The Labute approximate surface area is 260 Å². The highest BCUT2D eigenvalue weighted by Crippen LogP contribution is 2.48. The van der Waals surface area contributed by atoms with Gasteiger partial charge in [0.05, 0.1) is 24.1 Å². The first-order chi connectivity index (χ1) is 20.8. The number of nitrogens with one attached hydrogen (secondary N) is 1. The van der Waals surface area contributed by atoms with Crippen LogP contribution in [0.3, 0.4) is 0 Å². The van der Waals surface area contributed by atoms with Crippen molar-refractivity contribution in [2.45, 2.75) is 141 Å². The number of fused-ring (bicyclic) bond motifs is 5. The minimum absolute atomic E-state index is 0.143. The molecule has 1 N–H and O–H groups in total.